The molecule has 0 bridgehead atoms. The molecule has 0 fully saturated rings. The van der Waals surface area contributed by atoms with Crippen LogP contribution in [-0.4, -0.2) is 16.0 Å². The number of nitro groups is 1. The lowest BCUT2D eigenvalue weighted by Gasteiger charge is -1.93. The maximum absolute atomic E-state index is 10.6. The number of rotatable bonds is 4. The molecule has 0 saturated heterocycles. The summed E-state index contributed by atoms with van der Waals surface area (Å²) in [7, 11) is 0. The number of nitro benzene ring substituents is 1. The molecule has 1 N–H and O–H groups in total. The highest BCUT2D eigenvalue weighted by molar-refractivity contribution is 5.85. The average molecular weight is 259 g/mol. The van der Waals surface area contributed by atoms with Crippen molar-refractivity contribution in [2.75, 3.05) is 0 Å². The van der Waals surface area contributed by atoms with E-state index >= 15 is 0 Å². The molecule has 0 saturated carbocycles. The lowest BCUT2D eigenvalue weighted by Crippen LogP contribution is -1.91. The van der Waals surface area contributed by atoms with Gasteiger partial charge >= 0.3 is 5.97 Å². The number of benzene rings is 1. The van der Waals surface area contributed by atoms with Crippen LogP contribution in [0.4, 0.5) is 5.69 Å². The van der Waals surface area contributed by atoms with Crippen LogP contribution in [0.15, 0.2) is 40.8 Å². The first kappa shape index (κ1) is 12.6. The topological polar surface area (TPSA) is 93.6 Å². The Labute approximate surface area is 107 Å². The van der Waals surface area contributed by atoms with Gasteiger partial charge in [-0.25, -0.2) is 4.79 Å². The van der Waals surface area contributed by atoms with E-state index in [2.05, 4.69) is 0 Å². The summed E-state index contributed by atoms with van der Waals surface area (Å²) < 4.78 is 5.02. The van der Waals surface area contributed by atoms with E-state index in [1.54, 1.807) is 24.3 Å². The van der Waals surface area contributed by atoms with Gasteiger partial charge in [-0.05, 0) is 23.8 Å². The second-order valence-corrected chi connectivity index (χ2v) is 3.69. The lowest BCUT2D eigenvalue weighted by atomic mass is 10.2. The molecule has 96 valence electrons. The van der Waals surface area contributed by atoms with Crippen LogP contribution in [0.3, 0.4) is 0 Å². The number of carboxylic acids is 1. The third-order valence-electron chi connectivity index (χ3n) is 2.36. The van der Waals surface area contributed by atoms with E-state index in [0.717, 1.165) is 0 Å². The molecule has 19 heavy (non-hydrogen) atoms. The molecule has 1 aromatic carbocycles. The van der Waals surface area contributed by atoms with Crippen LogP contribution < -0.4 is 0 Å². The van der Waals surface area contributed by atoms with Crippen molar-refractivity contribution in [2.45, 2.75) is 0 Å². The molecule has 1 aromatic heterocycles. The predicted octanol–water partition coefficient (Wildman–Crippen LogP) is 3.06. The van der Waals surface area contributed by atoms with Crippen molar-refractivity contribution in [3.8, 4) is 0 Å². The summed E-state index contributed by atoms with van der Waals surface area (Å²) in [5.41, 5.74) is 0.621. The minimum Gasteiger partial charge on any atom is -0.475 e. The second-order valence-electron chi connectivity index (χ2n) is 3.69. The summed E-state index contributed by atoms with van der Waals surface area (Å²) >= 11 is 0. The van der Waals surface area contributed by atoms with Gasteiger partial charge in [-0.15, -0.1) is 0 Å². The number of hydrogen-bond donors (Lipinski definition) is 1. The molecule has 0 aliphatic carbocycles. The van der Waals surface area contributed by atoms with Crippen LogP contribution in [0.25, 0.3) is 12.2 Å². The fourth-order valence-electron chi connectivity index (χ4n) is 1.48. The van der Waals surface area contributed by atoms with Crippen molar-refractivity contribution in [1.82, 2.24) is 0 Å². The van der Waals surface area contributed by atoms with Gasteiger partial charge in [0.2, 0.25) is 5.76 Å². The van der Waals surface area contributed by atoms with Gasteiger partial charge in [-0.2, -0.15) is 0 Å². The molecular weight excluding hydrogens is 250 g/mol. The Morgan fingerprint density at radius 2 is 2.05 bits per heavy atom. The SMILES string of the molecule is O=C(O)c1ccc(C=Cc2cccc([N+](=O)[O-])c2)o1. The van der Waals surface area contributed by atoms with Gasteiger partial charge in [0.15, 0.2) is 0 Å². The number of hydrogen-bond acceptors (Lipinski definition) is 4. The number of aromatic carboxylic acids is 1. The van der Waals surface area contributed by atoms with Gasteiger partial charge in [0.1, 0.15) is 5.76 Å². The van der Waals surface area contributed by atoms with Crippen LogP contribution >= 0.6 is 0 Å². The molecule has 0 atom stereocenters. The van der Waals surface area contributed by atoms with E-state index in [1.165, 1.54) is 24.3 Å². The summed E-state index contributed by atoms with van der Waals surface area (Å²) in [6, 6.07) is 8.93. The third-order valence-corrected chi connectivity index (χ3v) is 2.36. The largest absolute Gasteiger partial charge is 0.475 e. The fraction of sp³-hybridized carbons (Fsp3) is 0. The Morgan fingerprint density at radius 3 is 2.68 bits per heavy atom. The smallest absolute Gasteiger partial charge is 0.371 e. The highest BCUT2D eigenvalue weighted by Gasteiger charge is 2.07. The number of furan rings is 1. The molecule has 0 radical (unpaired) electrons. The van der Waals surface area contributed by atoms with Crippen LogP contribution in [0.5, 0.6) is 0 Å². The molecule has 0 aliphatic heterocycles. The lowest BCUT2D eigenvalue weighted by molar-refractivity contribution is -0.384. The molecule has 0 spiro atoms. The van der Waals surface area contributed by atoms with E-state index in [1.807, 2.05) is 0 Å². The van der Waals surface area contributed by atoms with Gasteiger partial charge in [0.05, 0.1) is 4.92 Å². The normalized spacial score (nSPS) is 10.7. The Hall–Kier alpha value is -2.89. The quantitative estimate of drug-likeness (QED) is 0.672. The minimum absolute atomic E-state index is 0.00665. The van der Waals surface area contributed by atoms with Gasteiger partial charge in [-0.1, -0.05) is 18.2 Å². The first-order valence-electron chi connectivity index (χ1n) is 5.32. The zero-order valence-corrected chi connectivity index (χ0v) is 9.65. The summed E-state index contributed by atoms with van der Waals surface area (Å²) in [4.78, 5) is 20.7. The first-order valence-corrected chi connectivity index (χ1v) is 5.32. The van der Waals surface area contributed by atoms with Gasteiger partial charge in [-0.3, -0.25) is 10.1 Å². The molecule has 2 aromatic rings. The summed E-state index contributed by atoms with van der Waals surface area (Å²) in [5.74, 6) is -0.933. The van der Waals surface area contributed by atoms with Crippen molar-refractivity contribution in [3.63, 3.8) is 0 Å². The van der Waals surface area contributed by atoms with Crippen LogP contribution in [-0.2, 0) is 0 Å². The molecule has 0 aliphatic rings. The van der Waals surface area contributed by atoms with Crippen molar-refractivity contribution < 1.29 is 19.2 Å². The molecule has 0 amide bonds. The minimum atomic E-state index is -1.14. The number of non-ortho nitro benzene ring substituents is 1. The maximum atomic E-state index is 10.6. The fourth-order valence-corrected chi connectivity index (χ4v) is 1.48. The van der Waals surface area contributed by atoms with E-state index in [-0.39, 0.29) is 11.4 Å². The van der Waals surface area contributed by atoms with Crippen LogP contribution in [0.1, 0.15) is 21.9 Å². The highest BCUT2D eigenvalue weighted by atomic mass is 16.6. The van der Waals surface area contributed by atoms with Gasteiger partial charge in [0, 0.05) is 12.1 Å². The first-order chi connectivity index (χ1) is 9.06. The molecule has 1 heterocycles. The van der Waals surface area contributed by atoms with E-state index < -0.39 is 10.9 Å². The monoisotopic (exact) mass is 259 g/mol. The van der Waals surface area contributed by atoms with Gasteiger partial charge in [0.25, 0.3) is 5.69 Å². The predicted molar refractivity (Wildman–Crippen MR) is 67.7 cm³/mol. The van der Waals surface area contributed by atoms with Crippen molar-refractivity contribution in [2.24, 2.45) is 0 Å². The van der Waals surface area contributed by atoms with Crippen molar-refractivity contribution in [1.29, 1.82) is 0 Å². The third kappa shape index (κ3) is 3.06. The average Bonchev–Trinajstić information content (AvgIpc) is 2.85. The number of carbonyl (C=O) groups is 1. The van der Waals surface area contributed by atoms with E-state index in [0.29, 0.717) is 11.3 Å². The highest BCUT2D eigenvalue weighted by Crippen LogP contribution is 2.16. The van der Waals surface area contributed by atoms with E-state index in [4.69, 9.17) is 9.52 Å². The maximum Gasteiger partial charge on any atom is 0.371 e. The zero-order chi connectivity index (χ0) is 13.8. The summed E-state index contributed by atoms with van der Waals surface area (Å²) in [6.07, 6.45) is 3.16. The van der Waals surface area contributed by atoms with Crippen molar-refractivity contribution >= 4 is 23.8 Å². The summed E-state index contributed by atoms with van der Waals surface area (Å²) in [5, 5.41) is 19.3. The van der Waals surface area contributed by atoms with E-state index in [9.17, 15) is 14.9 Å². The number of carboxylic acid groups (broad SMARTS) is 1. The molecule has 0 unspecified atom stereocenters. The summed E-state index contributed by atoms with van der Waals surface area (Å²) in [6.45, 7) is 0. The van der Waals surface area contributed by atoms with Crippen molar-refractivity contribution in [3.05, 3.63) is 63.6 Å². The Kier molecular flexibility index (Phi) is 3.42. The molecule has 2 rings (SSSR count). The Balaban J connectivity index is 2.19. The van der Waals surface area contributed by atoms with Crippen LogP contribution in [0, 0.1) is 10.1 Å². The standard InChI is InChI=1S/C13H9NO5/c15-13(16)12-7-6-11(19-12)5-4-9-2-1-3-10(8-9)14(17)18/h1-8H,(H,15,16). The van der Waals surface area contributed by atoms with Crippen LogP contribution in [0.2, 0.25) is 0 Å². The van der Waals surface area contributed by atoms with Gasteiger partial charge < -0.3 is 9.52 Å². The second kappa shape index (κ2) is 5.18. The molecule has 6 heteroatoms. The molecular formula is C13H9NO5. The Bertz CT molecular complexity index is 657. The zero-order valence-electron chi connectivity index (χ0n) is 9.65. The molecule has 6 nitrogen and oxygen atoms in total. The Morgan fingerprint density at radius 1 is 1.26 bits per heavy atom. The number of nitrogens with zero attached hydrogens (tertiary/aromatic N) is 1.